The molecule has 0 radical (unpaired) electrons. The van der Waals surface area contributed by atoms with Crippen LogP contribution in [0.1, 0.15) is 75.7 Å². The van der Waals surface area contributed by atoms with Gasteiger partial charge in [-0.3, -0.25) is 19.2 Å². The molecule has 262 valence electrons. The molecule has 0 aromatic rings. The Kier molecular flexibility index (Phi) is 14.9. The summed E-state index contributed by atoms with van der Waals surface area (Å²) in [5.41, 5.74) is -0.572. The maximum Gasteiger partial charge on any atom is 0.303 e. The Morgan fingerprint density at radius 2 is 1.37 bits per heavy atom. The van der Waals surface area contributed by atoms with Crippen LogP contribution in [-0.2, 0) is 56.8 Å². The van der Waals surface area contributed by atoms with E-state index in [0.717, 1.165) is 20.8 Å². The summed E-state index contributed by atoms with van der Waals surface area (Å²) >= 11 is 1.22. The Bertz CT molecular complexity index is 1090. The van der Waals surface area contributed by atoms with Gasteiger partial charge in [-0.25, -0.2) is 0 Å². The maximum atomic E-state index is 12.2. The average molecular weight is 692 g/mol. The van der Waals surface area contributed by atoms with Gasteiger partial charge in [-0.05, 0) is 10.1 Å². The Morgan fingerprint density at radius 1 is 0.826 bits per heavy atom. The number of ether oxygens (including phenoxy) is 7. The van der Waals surface area contributed by atoms with Gasteiger partial charge < -0.3 is 42.7 Å². The summed E-state index contributed by atoms with van der Waals surface area (Å²) in [4.78, 5) is 48.1. The Morgan fingerprint density at radius 3 is 1.87 bits per heavy atom. The number of hydrogen-bond donors (Lipinski definition) is 1. The van der Waals surface area contributed by atoms with Crippen LogP contribution >= 0.6 is 11.8 Å². The van der Waals surface area contributed by atoms with Crippen LogP contribution in [0.4, 0.5) is 0 Å². The molecule has 4 unspecified atom stereocenters. The van der Waals surface area contributed by atoms with E-state index in [1.807, 2.05) is 0 Å². The first-order chi connectivity index (χ1) is 21.2. The summed E-state index contributed by atoms with van der Waals surface area (Å²) in [5.74, 6) is -2.85. The highest BCUT2D eigenvalue weighted by molar-refractivity contribution is 7.99. The van der Waals surface area contributed by atoms with Crippen molar-refractivity contribution in [1.29, 1.82) is 5.26 Å². The molecule has 0 saturated carbocycles. The standard InChI is InChI=1S/C30H49NO13SSi/c1-16(32)37-14-22-25(39-17(2)33)26(40-18(3)34)27(41-19(4)35)28(44-22)43-20-13-23(45-12-11-31)42-21(24(20)36)15-38-46(29(5,6)7)30(8,9)10/h20-28,36,46H,12-15H2,1-10H3/t20-,21?,22+,23?,24+,25+,26?,27?,28-/m1/s1. The Labute approximate surface area is 276 Å². The van der Waals surface area contributed by atoms with E-state index in [1.54, 1.807) is 0 Å². The highest BCUT2D eigenvalue weighted by Crippen LogP contribution is 2.43. The number of thioether (sulfide) groups is 1. The summed E-state index contributed by atoms with van der Waals surface area (Å²) in [7, 11) is -1.91. The number of carbonyl (C=O) groups is 4. The van der Waals surface area contributed by atoms with Crippen LogP contribution in [0.2, 0.25) is 10.1 Å². The lowest BCUT2D eigenvalue weighted by Crippen LogP contribution is -2.64. The third-order valence-corrected chi connectivity index (χ3v) is 11.7. The van der Waals surface area contributed by atoms with Gasteiger partial charge in [0, 0.05) is 34.1 Å². The molecule has 0 aliphatic carbocycles. The predicted molar refractivity (Wildman–Crippen MR) is 167 cm³/mol. The van der Waals surface area contributed by atoms with Crippen LogP contribution < -0.4 is 0 Å². The number of hydrogen-bond acceptors (Lipinski definition) is 15. The van der Waals surface area contributed by atoms with E-state index >= 15 is 0 Å². The molecule has 2 aliphatic heterocycles. The van der Waals surface area contributed by atoms with Gasteiger partial charge in [-0.15, -0.1) is 11.8 Å². The molecule has 2 aliphatic rings. The van der Waals surface area contributed by atoms with Gasteiger partial charge >= 0.3 is 23.9 Å². The number of nitriles is 1. The molecule has 16 heteroatoms. The molecule has 2 rings (SSSR count). The van der Waals surface area contributed by atoms with E-state index in [9.17, 15) is 29.5 Å². The minimum atomic E-state index is -1.91. The van der Waals surface area contributed by atoms with Crippen molar-refractivity contribution >= 4 is 44.7 Å². The second-order valence-electron chi connectivity index (χ2n) is 13.5. The normalized spacial score (nSPS) is 30.2. The molecule has 2 saturated heterocycles. The summed E-state index contributed by atoms with van der Waals surface area (Å²) in [5, 5.41) is 20.6. The SMILES string of the molecule is CC(=O)OC[C@@H]1O[C@@H](O[C@@H]2CC(SCC#N)OC(CO[SiH](C(C)(C)C)C(C)(C)C)[C@H]2O)C(OC(C)=O)C(OC(C)=O)[C@H]1OC(C)=O. The third kappa shape index (κ3) is 12.1. The third-order valence-electron chi connectivity index (χ3n) is 7.10. The number of carbonyl (C=O) groups excluding carboxylic acids is 4. The molecule has 9 atom stereocenters. The lowest BCUT2D eigenvalue weighted by atomic mass is 9.97. The van der Waals surface area contributed by atoms with Crippen molar-refractivity contribution in [3.63, 3.8) is 0 Å². The summed E-state index contributed by atoms with van der Waals surface area (Å²) < 4.78 is 46.6. The van der Waals surface area contributed by atoms with E-state index in [-0.39, 0.29) is 28.9 Å². The van der Waals surface area contributed by atoms with Crippen LogP contribution in [0.25, 0.3) is 0 Å². The van der Waals surface area contributed by atoms with Crippen molar-refractivity contribution in [2.45, 2.75) is 140 Å². The van der Waals surface area contributed by atoms with Gasteiger partial charge in [0.25, 0.3) is 0 Å². The lowest BCUT2D eigenvalue weighted by Gasteiger charge is -2.47. The van der Waals surface area contributed by atoms with E-state index < -0.39 is 94.0 Å². The molecule has 0 spiro atoms. The van der Waals surface area contributed by atoms with Crippen molar-refractivity contribution in [2.24, 2.45) is 0 Å². The first-order valence-electron chi connectivity index (χ1n) is 15.1. The smallest absolute Gasteiger partial charge is 0.303 e. The highest BCUT2D eigenvalue weighted by atomic mass is 32.2. The second-order valence-corrected chi connectivity index (χ2v) is 19.2. The van der Waals surface area contributed by atoms with Crippen molar-refractivity contribution in [2.75, 3.05) is 19.0 Å². The monoisotopic (exact) mass is 691 g/mol. The van der Waals surface area contributed by atoms with E-state index in [1.165, 1.54) is 18.7 Å². The quantitative estimate of drug-likeness (QED) is 0.179. The molecule has 2 fully saturated rings. The van der Waals surface area contributed by atoms with Crippen LogP contribution in [0.15, 0.2) is 0 Å². The molecule has 46 heavy (non-hydrogen) atoms. The van der Waals surface area contributed by atoms with Crippen molar-refractivity contribution in [3.8, 4) is 6.07 Å². The van der Waals surface area contributed by atoms with E-state index in [4.69, 9.17) is 37.6 Å². The number of aliphatic hydroxyl groups excluding tert-OH is 1. The van der Waals surface area contributed by atoms with Crippen LogP contribution in [0.5, 0.6) is 0 Å². The molecule has 2 heterocycles. The predicted octanol–water partition coefficient (Wildman–Crippen LogP) is 2.53. The first-order valence-corrected chi connectivity index (χ1v) is 17.8. The Balaban J connectivity index is 2.47. The van der Waals surface area contributed by atoms with Crippen molar-refractivity contribution < 1.29 is 61.9 Å². The van der Waals surface area contributed by atoms with Gasteiger partial charge in [0.2, 0.25) is 0 Å². The van der Waals surface area contributed by atoms with Crippen LogP contribution in [-0.4, -0.2) is 111 Å². The first kappa shape index (κ1) is 39.9. The minimum Gasteiger partial charge on any atom is -0.463 e. The molecular formula is C30H49NO13SSi. The van der Waals surface area contributed by atoms with Crippen molar-refractivity contribution in [1.82, 2.24) is 0 Å². The largest absolute Gasteiger partial charge is 0.463 e. The average Bonchev–Trinajstić information content (AvgIpc) is 2.89. The molecule has 0 amide bonds. The number of nitrogens with zero attached hydrogens (tertiary/aromatic N) is 1. The van der Waals surface area contributed by atoms with Gasteiger partial charge in [0.1, 0.15) is 30.4 Å². The van der Waals surface area contributed by atoms with Gasteiger partial charge in [0.15, 0.2) is 33.6 Å². The lowest BCUT2D eigenvalue weighted by molar-refractivity contribution is -0.330. The fraction of sp³-hybridized carbons (Fsp3) is 0.833. The number of esters is 4. The van der Waals surface area contributed by atoms with Gasteiger partial charge in [-0.1, -0.05) is 41.5 Å². The van der Waals surface area contributed by atoms with Gasteiger partial charge in [0.05, 0.1) is 24.5 Å². The summed E-state index contributed by atoms with van der Waals surface area (Å²) in [6, 6.07) is 2.07. The molecule has 0 bridgehead atoms. The van der Waals surface area contributed by atoms with E-state index in [2.05, 4.69) is 47.6 Å². The second kappa shape index (κ2) is 17.2. The zero-order valence-corrected chi connectivity index (χ0v) is 30.3. The van der Waals surface area contributed by atoms with Crippen LogP contribution in [0, 0.1) is 11.3 Å². The fourth-order valence-corrected chi connectivity index (χ4v) is 10.7. The molecule has 14 nitrogen and oxygen atoms in total. The number of aliphatic hydroxyl groups is 1. The fourth-order valence-electron chi connectivity index (χ4n) is 5.87. The topological polar surface area (TPSA) is 186 Å². The van der Waals surface area contributed by atoms with Gasteiger partial charge in [-0.2, -0.15) is 5.26 Å². The molecule has 1 N–H and O–H groups in total. The Hall–Kier alpha value is -2.26. The van der Waals surface area contributed by atoms with Crippen molar-refractivity contribution in [3.05, 3.63) is 0 Å². The zero-order chi connectivity index (χ0) is 35.0. The summed E-state index contributed by atoms with van der Waals surface area (Å²) in [6.07, 6.45) is -9.89. The highest BCUT2D eigenvalue weighted by Gasteiger charge is 2.54. The van der Waals surface area contributed by atoms with Crippen LogP contribution in [0.3, 0.4) is 0 Å². The molecule has 0 aromatic carbocycles. The summed E-state index contributed by atoms with van der Waals surface area (Å²) in [6.45, 7) is 16.9. The zero-order valence-electron chi connectivity index (χ0n) is 28.3. The molecular weight excluding hydrogens is 642 g/mol. The number of rotatable bonds is 12. The minimum absolute atomic E-state index is 0.0641. The van der Waals surface area contributed by atoms with E-state index in [0.29, 0.717) is 0 Å². The molecule has 0 aromatic heterocycles. The maximum absolute atomic E-state index is 12.2.